The fourth-order valence-electron chi connectivity index (χ4n) is 7.85. The number of benzene rings is 4. The van der Waals surface area contributed by atoms with E-state index in [0.717, 1.165) is 94.5 Å². The lowest BCUT2D eigenvalue weighted by Gasteiger charge is -2.19. The number of hydrogen-bond donors (Lipinski definition) is 0. The highest BCUT2D eigenvalue weighted by molar-refractivity contribution is 5.63. The smallest absolute Gasteiger partial charge is 0.136 e. The van der Waals surface area contributed by atoms with Gasteiger partial charge in [0.15, 0.2) is 0 Å². The van der Waals surface area contributed by atoms with Crippen LogP contribution in [0.25, 0.3) is 0 Å². The molecule has 0 aliphatic carbocycles. The van der Waals surface area contributed by atoms with E-state index in [9.17, 15) is 0 Å². The van der Waals surface area contributed by atoms with Gasteiger partial charge in [-0.1, -0.05) is 132 Å². The zero-order valence-electron chi connectivity index (χ0n) is 48.4. The first-order chi connectivity index (χ1) is 36.5. The Morgan fingerprint density at radius 2 is 0.539 bits per heavy atom. The highest BCUT2D eigenvalue weighted by Crippen LogP contribution is 2.28. The van der Waals surface area contributed by atoms with E-state index >= 15 is 0 Å². The third-order valence-corrected chi connectivity index (χ3v) is 13.3. The number of nitrogens with zero attached hydrogens (tertiary/aromatic N) is 12. The zero-order chi connectivity index (χ0) is 55.3. The van der Waals surface area contributed by atoms with Gasteiger partial charge in [0.25, 0.3) is 0 Å². The summed E-state index contributed by atoms with van der Waals surface area (Å²) in [6, 6.07) is 42.5. The standard InChI is InChI=1S/4C16H21N3/c2*1-5-13-6-8-14(9-7-13)19(4)16-10-15(12(2)3)17-11-18-16;2*1-5-13-7-6-8-14(9-13)19(4)16-10-15(12(2)3)17-11-18-16/h4*6-12H,5H2,1-4H3. The Hall–Kier alpha value is -7.60. The van der Waals surface area contributed by atoms with Crippen LogP contribution in [0.5, 0.6) is 0 Å². The summed E-state index contributed by atoms with van der Waals surface area (Å²) in [5.74, 6) is 5.40. The van der Waals surface area contributed by atoms with Crippen LogP contribution in [0.15, 0.2) is 147 Å². The van der Waals surface area contributed by atoms with Gasteiger partial charge in [-0.2, -0.15) is 0 Å². The number of rotatable bonds is 16. The molecule has 0 radical (unpaired) electrons. The van der Waals surface area contributed by atoms with Crippen molar-refractivity contribution in [3.63, 3.8) is 0 Å². The third kappa shape index (κ3) is 17.2. The lowest BCUT2D eigenvalue weighted by atomic mass is 10.1. The molecular weight excluding hydrogens is 937 g/mol. The van der Waals surface area contributed by atoms with Gasteiger partial charge in [-0.15, -0.1) is 0 Å². The molecule has 76 heavy (non-hydrogen) atoms. The van der Waals surface area contributed by atoms with Crippen LogP contribution in [0.4, 0.5) is 46.0 Å². The zero-order valence-corrected chi connectivity index (χ0v) is 48.4. The van der Waals surface area contributed by atoms with Crippen LogP contribution in [-0.4, -0.2) is 68.1 Å². The van der Waals surface area contributed by atoms with Gasteiger partial charge in [0.1, 0.15) is 48.6 Å². The van der Waals surface area contributed by atoms with Crippen molar-refractivity contribution in [1.82, 2.24) is 39.9 Å². The average Bonchev–Trinajstić information content (AvgIpc) is 3.47. The molecule has 400 valence electrons. The van der Waals surface area contributed by atoms with Crippen molar-refractivity contribution < 1.29 is 0 Å². The maximum absolute atomic E-state index is 4.37. The van der Waals surface area contributed by atoms with Crippen molar-refractivity contribution in [2.75, 3.05) is 47.8 Å². The molecule has 0 aliphatic rings. The summed E-state index contributed by atoms with van der Waals surface area (Å²) in [5.41, 5.74) is 14.3. The summed E-state index contributed by atoms with van der Waals surface area (Å²) in [6.45, 7) is 25.8. The Morgan fingerprint density at radius 3 is 0.776 bits per heavy atom. The molecule has 0 atom stereocenters. The van der Waals surface area contributed by atoms with E-state index < -0.39 is 0 Å². The molecule has 4 aromatic heterocycles. The van der Waals surface area contributed by atoms with E-state index in [2.05, 4.69) is 264 Å². The summed E-state index contributed by atoms with van der Waals surface area (Å²) in [5, 5.41) is 0. The van der Waals surface area contributed by atoms with E-state index in [1.54, 1.807) is 25.3 Å². The second-order valence-electron chi connectivity index (χ2n) is 20.1. The predicted molar refractivity (Wildman–Crippen MR) is 320 cm³/mol. The summed E-state index contributed by atoms with van der Waals surface area (Å²) in [4.78, 5) is 43.1. The van der Waals surface area contributed by atoms with Crippen molar-refractivity contribution in [2.24, 2.45) is 0 Å². The molecule has 0 spiro atoms. The summed E-state index contributed by atoms with van der Waals surface area (Å²) in [7, 11) is 8.16. The Morgan fingerprint density at radius 1 is 0.289 bits per heavy atom. The molecule has 0 unspecified atom stereocenters. The third-order valence-electron chi connectivity index (χ3n) is 13.3. The Balaban J connectivity index is 0.000000187. The highest BCUT2D eigenvalue weighted by Gasteiger charge is 2.13. The molecule has 0 fully saturated rings. The maximum atomic E-state index is 4.37. The first-order valence-corrected chi connectivity index (χ1v) is 27.0. The van der Waals surface area contributed by atoms with Gasteiger partial charge in [-0.3, -0.25) is 0 Å². The number of anilines is 8. The number of aryl methyl sites for hydroxylation is 4. The SMILES string of the molecule is CCc1ccc(N(C)c2cc(C(C)C)ncn2)cc1.CCc1ccc(N(C)c2cc(C(C)C)ncn2)cc1.CCc1cccc(N(C)c2cc(C(C)C)ncn2)c1.CCc1cccc(N(C)c2cc(C(C)C)ncn2)c1. The molecule has 8 rings (SSSR count). The van der Waals surface area contributed by atoms with Crippen molar-refractivity contribution in [2.45, 2.75) is 132 Å². The molecule has 12 heteroatoms. The van der Waals surface area contributed by atoms with Gasteiger partial charge in [-0.05, 0) is 120 Å². The molecule has 4 heterocycles. The topological polar surface area (TPSA) is 116 Å². The molecule has 0 amide bonds. The van der Waals surface area contributed by atoms with E-state index in [0.29, 0.717) is 23.7 Å². The first-order valence-electron chi connectivity index (χ1n) is 27.0. The van der Waals surface area contributed by atoms with Crippen LogP contribution >= 0.6 is 0 Å². The van der Waals surface area contributed by atoms with Gasteiger partial charge in [0, 0.05) is 98.0 Å². The summed E-state index contributed by atoms with van der Waals surface area (Å²) in [6.07, 6.45) is 10.8. The lowest BCUT2D eigenvalue weighted by Crippen LogP contribution is -2.12. The van der Waals surface area contributed by atoms with Gasteiger partial charge in [-0.25, -0.2) is 39.9 Å². The minimum absolute atomic E-state index is 0.414. The molecule has 8 aromatic rings. The van der Waals surface area contributed by atoms with Crippen LogP contribution in [0, 0.1) is 0 Å². The van der Waals surface area contributed by atoms with Crippen LogP contribution in [0.3, 0.4) is 0 Å². The molecule has 4 aromatic carbocycles. The second kappa shape index (κ2) is 29.5. The minimum atomic E-state index is 0.414. The monoisotopic (exact) mass is 1020 g/mol. The van der Waals surface area contributed by atoms with E-state index in [-0.39, 0.29) is 0 Å². The molecule has 12 nitrogen and oxygen atoms in total. The Kier molecular flexibility index (Phi) is 23.0. The number of hydrogen-bond acceptors (Lipinski definition) is 12. The molecule has 0 bridgehead atoms. The quantitative estimate of drug-likeness (QED) is 0.0917. The number of aromatic nitrogens is 8. The van der Waals surface area contributed by atoms with Crippen molar-refractivity contribution in [3.8, 4) is 0 Å². The molecule has 0 N–H and O–H groups in total. The largest absolute Gasteiger partial charge is 0.329 e. The fourth-order valence-corrected chi connectivity index (χ4v) is 7.85. The lowest BCUT2D eigenvalue weighted by molar-refractivity contribution is 0.812. The highest BCUT2D eigenvalue weighted by atomic mass is 15.2. The average molecular weight is 1020 g/mol. The predicted octanol–water partition coefficient (Wildman–Crippen LogP) is 15.7. The van der Waals surface area contributed by atoms with Gasteiger partial charge < -0.3 is 19.6 Å². The van der Waals surface area contributed by atoms with Gasteiger partial charge in [0.05, 0.1) is 0 Å². The van der Waals surface area contributed by atoms with Gasteiger partial charge >= 0.3 is 0 Å². The van der Waals surface area contributed by atoms with Crippen LogP contribution < -0.4 is 19.6 Å². The van der Waals surface area contributed by atoms with Crippen LogP contribution in [0.2, 0.25) is 0 Å². The Labute approximate surface area is 455 Å². The molecule has 0 saturated heterocycles. The van der Waals surface area contributed by atoms with E-state index in [1.165, 1.54) is 22.3 Å². The Bertz CT molecular complexity index is 2770. The molecule has 0 aliphatic heterocycles. The first kappa shape index (κ1) is 59.3. The minimum Gasteiger partial charge on any atom is -0.329 e. The van der Waals surface area contributed by atoms with Crippen LogP contribution in [0.1, 0.15) is 152 Å². The molecular formula is C64H84N12. The maximum Gasteiger partial charge on any atom is 0.136 e. The fraction of sp³-hybridized carbons (Fsp3) is 0.375. The van der Waals surface area contributed by atoms with Crippen molar-refractivity contribution in [3.05, 3.63) is 192 Å². The van der Waals surface area contributed by atoms with E-state index in [1.807, 2.05) is 28.2 Å². The summed E-state index contributed by atoms with van der Waals surface area (Å²) >= 11 is 0. The van der Waals surface area contributed by atoms with Crippen molar-refractivity contribution >= 4 is 46.0 Å². The summed E-state index contributed by atoms with van der Waals surface area (Å²) < 4.78 is 0. The van der Waals surface area contributed by atoms with E-state index in [4.69, 9.17) is 0 Å². The van der Waals surface area contributed by atoms with Crippen molar-refractivity contribution in [1.29, 1.82) is 0 Å². The van der Waals surface area contributed by atoms with Gasteiger partial charge in [0.2, 0.25) is 0 Å². The second-order valence-corrected chi connectivity index (χ2v) is 20.1. The van der Waals surface area contributed by atoms with Crippen LogP contribution in [-0.2, 0) is 25.7 Å². The molecule has 0 saturated carbocycles. The normalized spacial score (nSPS) is 10.8.